The Morgan fingerprint density at radius 2 is 1.70 bits per heavy atom. The molecule has 5 heteroatoms. The summed E-state index contributed by atoms with van der Waals surface area (Å²) in [4.78, 5) is 12.8. The van der Waals surface area contributed by atoms with E-state index in [1.54, 1.807) is 13.2 Å². The van der Waals surface area contributed by atoms with Crippen LogP contribution < -0.4 is 20.1 Å². The monoisotopic (exact) mass is 374 g/mol. The van der Waals surface area contributed by atoms with Crippen LogP contribution >= 0.6 is 0 Å². The number of carbonyl (C=O) groups is 1. The van der Waals surface area contributed by atoms with Crippen LogP contribution in [0.2, 0.25) is 0 Å². The molecule has 0 spiro atoms. The summed E-state index contributed by atoms with van der Waals surface area (Å²) >= 11 is 0. The molecule has 2 fully saturated rings. The van der Waals surface area contributed by atoms with Gasteiger partial charge in [-0.3, -0.25) is 4.79 Å². The summed E-state index contributed by atoms with van der Waals surface area (Å²) in [6.45, 7) is 8.74. The van der Waals surface area contributed by atoms with E-state index in [-0.39, 0.29) is 29.1 Å². The summed E-state index contributed by atoms with van der Waals surface area (Å²) in [5.41, 5.74) is 0.604. The van der Waals surface area contributed by atoms with Crippen molar-refractivity contribution >= 4 is 5.91 Å². The van der Waals surface area contributed by atoms with E-state index in [0.717, 1.165) is 31.4 Å². The highest BCUT2D eigenvalue weighted by Crippen LogP contribution is 2.33. The summed E-state index contributed by atoms with van der Waals surface area (Å²) in [5.74, 6) is 1.30. The first-order valence-corrected chi connectivity index (χ1v) is 10.1. The molecule has 1 saturated carbocycles. The molecule has 5 nitrogen and oxygen atoms in total. The van der Waals surface area contributed by atoms with Crippen LogP contribution in [0.4, 0.5) is 0 Å². The number of methoxy groups -OCH3 is 1. The van der Waals surface area contributed by atoms with Crippen molar-refractivity contribution in [2.75, 3.05) is 7.11 Å². The molecule has 2 aliphatic rings. The molecule has 0 aromatic heterocycles. The molecule has 2 N–H and O–H groups in total. The molecule has 0 radical (unpaired) electrons. The quantitative estimate of drug-likeness (QED) is 0.816. The van der Waals surface area contributed by atoms with Crippen LogP contribution in [-0.4, -0.2) is 36.2 Å². The van der Waals surface area contributed by atoms with Crippen LogP contribution in [0.15, 0.2) is 18.2 Å². The van der Waals surface area contributed by atoms with Gasteiger partial charge in [0.15, 0.2) is 11.5 Å². The molecule has 27 heavy (non-hydrogen) atoms. The lowest BCUT2D eigenvalue weighted by molar-refractivity contribution is 0.0872. The maximum absolute atomic E-state index is 12.8. The summed E-state index contributed by atoms with van der Waals surface area (Å²) in [6.07, 6.45) is 6.69. The Bertz CT molecular complexity index is 662. The summed E-state index contributed by atoms with van der Waals surface area (Å²) in [6, 6.07) is 5.63. The van der Waals surface area contributed by atoms with Crippen LogP contribution in [0.1, 0.15) is 76.6 Å². The van der Waals surface area contributed by atoms with Crippen LogP contribution in [0.25, 0.3) is 0 Å². The van der Waals surface area contributed by atoms with Crippen LogP contribution in [-0.2, 0) is 0 Å². The minimum absolute atomic E-state index is 0.00360. The molecule has 1 aliphatic carbocycles. The second-order valence-electron chi connectivity index (χ2n) is 9.36. The van der Waals surface area contributed by atoms with Crippen molar-refractivity contribution in [2.45, 2.75) is 89.4 Å². The van der Waals surface area contributed by atoms with E-state index >= 15 is 0 Å². The fourth-order valence-electron chi connectivity index (χ4n) is 4.79. The fraction of sp³-hybridized carbons (Fsp3) is 0.682. The number of benzene rings is 1. The normalized spacial score (nSPS) is 22.4. The zero-order valence-electron chi connectivity index (χ0n) is 17.4. The van der Waals surface area contributed by atoms with Gasteiger partial charge in [-0.25, -0.2) is 0 Å². The van der Waals surface area contributed by atoms with Gasteiger partial charge < -0.3 is 20.1 Å². The highest BCUT2D eigenvalue weighted by atomic mass is 16.5. The molecular weight excluding hydrogens is 340 g/mol. The molecule has 0 bridgehead atoms. The first kappa shape index (κ1) is 20.0. The topological polar surface area (TPSA) is 59.6 Å². The van der Waals surface area contributed by atoms with Crippen molar-refractivity contribution in [3.8, 4) is 11.5 Å². The first-order chi connectivity index (χ1) is 12.7. The average Bonchev–Trinajstić information content (AvgIpc) is 3.05. The molecule has 1 aliphatic heterocycles. The Kier molecular flexibility index (Phi) is 5.71. The lowest BCUT2D eigenvalue weighted by Gasteiger charge is -2.46. The highest BCUT2D eigenvalue weighted by molar-refractivity contribution is 5.95. The highest BCUT2D eigenvalue weighted by Gasteiger charge is 2.38. The van der Waals surface area contributed by atoms with Gasteiger partial charge in [0.05, 0.1) is 13.2 Å². The summed E-state index contributed by atoms with van der Waals surface area (Å²) in [7, 11) is 1.62. The lowest BCUT2D eigenvalue weighted by Crippen LogP contribution is -2.62. The second-order valence-corrected chi connectivity index (χ2v) is 9.36. The van der Waals surface area contributed by atoms with Crippen LogP contribution in [0.3, 0.4) is 0 Å². The Balaban J connectivity index is 1.69. The van der Waals surface area contributed by atoms with Crippen molar-refractivity contribution in [2.24, 2.45) is 0 Å². The van der Waals surface area contributed by atoms with E-state index in [2.05, 4.69) is 38.3 Å². The number of rotatable bonds is 5. The summed E-state index contributed by atoms with van der Waals surface area (Å²) < 4.78 is 11.6. The predicted molar refractivity (Wildman–Crippen MR) is 108 cm³/mol. The largest absolute Gasteiger partial charge is 0.493 e. The molecule has 1 heterocycles. The number of amides is 1. The third-order valence-corrected chi connectivity index (χ3v) is 5.55. The second kappa shape index (κ2) is 7.70. The molecule has 1 aromatic rings. The third-order valence-electron chi connectivity index (χ3n) is 5.55. The maximum atomic E-state index is 12.8. The molecule has 1 saturated heterocycles. The minimum Gasteiger partial charge on any atom is -0.493 e. The number of hydrogen-bond acceptors (Lipinski definition) is 4. The van der Waals surface area contributed by atoms with Crippen molar-refractivity contribution in [3.05, 3.63) is 23.8 Å². The maximum Gasteiger partial charge on any atom is 0.251 e. The fourth-order valence-corrected chi connectivity index (χ4v) is 4.79. The van der Waals surface area contributed by atoms with Crippen molar-refractivity contribution in [1.29, 1.82) is 0 Å². The molecule has 1 amide bonds. The predicted octanol–water partition coefficient (Wildman–Crippen LogP) is 4.06. The Labute approximate surface area is 163 Å². The van der Waals surface area contributed by atoms with Gasteiger partial charge in [0.2, 0.25) is 0 Å². The van der Waals surface area contributed by atoms with E-state index in [1.807, 2.05) is 12.1 Å². The van der Waals surface area contributed by atoms with Crippen LogP contribution in [0, 0.1) is 0 Å². The standard InChI is InChI=1S/C22H34N2O3/c1-21(2)13-16(14-22(3,4)24-21)23-20(25)15-10-11-18(19(12-15)26-5)27-17-8-6-7-9-17/h10-12,16-17,24H,6-9,13-14H2,1-5H3,(H,23,25). The van der Waals surface area contributed by atoms with Crippen molar-refractivity contribution < 1.29 is 14.3 Å². The third kappa shape index (κ3) is 5.16. The lowest BCUT2D eigenvalue weighted by atomic mass is 9.79. The average molecular weight is 375 g/mol. The van der Waals surface area contributed by atoms with Gasteiger partial charge in [-0.15, -0.1) is 0 Å². The molecule has 1 aromatic carbocycles. The van der Waals surface area contributed by atoms with Gasteiger partial charge in [0.1, 0.15) is 0 Å². The first-order valence-electron chi connectivity index (χ1n) is 10.1. The van der Waals surface area contributed by atoms with Gasteiger partial charge in [0, 0.05) is 22.7 Å². The summed E-state index contributed by atoms with van der Waals surface area (Å²) in [5, 5.41) is 6.86. The number of nitrogens with one attached hydrogen (secondary N) is 2. The zero-order valence-corrected chi connectivity index (χ0v) is 17.4. The zero-order chi connectivity index (χ0) is 19.7. The number of ether oxygens (including phenoxy) is 2. The van der Waals surface area contributed by atoms with Gasteiger partial charge >= 0.3 is 0 Å². The minimum atomic E-state index is -0.0563. The van der Waals surface area contributed by atoms with E-state index in [9.17, 15) is 4.79 Å². The number of hydrogen-bond donors (Lipinski definition) is 2. The Morgan fingerprint density at radius 1 is 1.07 bits per heavy atom. The van der Waals surface area contributed by atoms with E-state index in [1.165, 1.54) is 12.8 Å². The molecule has 3 rings (SSSR count). The van der Waals surface area contributed by atoms with Crippen molar-refractivity contribution in [1.82, 2.24) is 10.6 Å². The van der Waals surface area contributed by atoms with Gasteiger partial charge in [0.25, 0.3) is 5.91 Å². The van der Waals surface area contributed by atoms with Gasteiger partial charge in [-0.05, 0) is 84.4 Å². The Morgan fingerprint density at radius 3 is 2.30 bits per heavy atom. The van der Waals surface area contributed by atoms with Crippen LogP contribution in [0.5, 0.6) is 11.5 Å². The molecule has 150 valence electrons. The van der Waals surface area contributed by atoms with E-state index in [4.69, 9.17) is 9.47 Å². The number of carbonyl (C=O) groups excluding carboxylic acids is 1. The molecular formula is C22H34N2O3. The van der Waals surface area contributed by atoms with E-state index in [0.29, 0.717) is 11.3 Å². The van der Waals surface area contributed by atoms with E-state index < -0.39 is 0 Å². The van der Waals surface area contributed by atoms with Crippen molar-refractivity contribution in [3.63, 3.8) is 0 Å². The number of piperidine rings is 1. The van der Waals surface area contributed by atoms with Gasteiger partial charge in [-0.2, -0.15) is 0 Å². The molecule has 0 unspecified atom stereocenters. The smallest absolute Gasteiger partial charge is 0.251 e. The Hall–Kier alpha value is -1.75. The SMILES string of the molecule is COc1cc(C(=O)NC2CC(C)(C)NC(C)(C)C2)ccc1OC1CCCC1. The van der Waals surface area contributed by atoms with Gasteiger partial charge in [-0.1, -0.05) is 0 Å². The molecule has 0 atom stereocenters.